The van der Waals surface area contributed by atoms with Crippen LogP contribution in [0, 0.1) is 0 Å². The second-order valence-corrected chi connectivity index (χ2v) is 4.88. The van der Waals surface area contributed by atoms with Crippen molar-refractivity contribution in [2.45, 2.75) is 25.8 Å². The van der Waals surface area contributed by atoms with Crippen LogP contribution in [-0.4, -0.2) is 23.2 Å². The smallest absolute Gasteiger partial charge is 0.119 e. The molecule has 0 amide bonds. The lowest BCUT2D eigenvalue weighted by Gasteiger charge is -2.19. The number of hydrogen-bond acceptors (Lipinski definition) is 3. The predicted octanol–water partition coefficient (Wildman–Crippen LogP) is 2.71. The van der Waals surface area contributed by atoms with Gasteiger partial charge in [-0.1, -0.05) is 19.1 Å². The number of benzene rings is 1. The molecule has 1 aromatic heterocycles. The number of nitrogens with one attached hydrogen (secondary N) is 1. The lowest BCUT2D eigenvalue weighted by molar-refractivity contribution is 0.412. The quantitative estimate of drug-likeness (QED) is 0.843. The monoisotopic (exact) mass is 273 g/mol. The van der Waals surface area contributed by atoms with Gasteiger partial charge in [-0.25, -0.2) is 4.98 Å². The molecule has 1 heterocycles. The number of aromatic nitrogens is 2. The molecule has 108 valence electrons. The molecule has 0 aliphatic rings. The minimum atomic E-state index is 0.326. The van der Waals surface area contributed by atoms with Crippen molar-refractivity contribution in [1.82, 2.24) is 14.9 Å². The van der Waals surface area contributed by atoms with Crippen LogP contribution in [0.5, 0.6) is 5.75 Å². The largest absolute Gasteiger partial charge is 0.497 e. The maximum atomic E-state index is 5.31. The van der Waals surface area contributed by atoms with Crippen molar-refractivity contribution in [2.75, 3.05) is 13.7 Å². The fraction of sp³-hybridized carbons (Fsp3) is 0.438. The van der Waals surface area contributed by atoms with Crippen molar-refractivity contribution in [3.8, 4) is 5.75 Å². The zero-order valence-corrected chi connectivity index (χ0v) is 12.5. The molecule has 0 aliphatic carbocycles. The Morgan fingerprint density at radius 3 is 2.90 bits per heavy atom. The summed E-state index contributed by atoms with van der Waals surface area (Å²) < 4.78 is 7.39. The average molecular weight is 273 g/mol. The molecule has 0 radical (unpaired) electrons. The van der Waals surface area contributed by atoms with Crippen LogP contribution in [-0.2, 0) is 13.5 Å². The number of imidazole rings is 1. The van der Waals surface area contributed by atoms with Gasteiger partial charge in [0.25, 0.3) is 0 Å². The molecular weight excluding hydrogens is 250 g/mol. The molecule has 4 heteroatoms. The first kappa shape index (κ1) is 14.6. The first-order chi connectivity index (χ1) is 9.74. The Bertz CT molecular complexity index is 536. The normalized spacial score (nSPS) is 12.3. The maximum absolute atomic E-state index is 5.31. The summed E-state index contributed by atoms with van der Waals surface area (Å²) in [5.41, 5.74) is 1.26. The Kier molecular flexibility index (Phi) is 5.18. The highest BCUT2D eigenvalue weighted by Gasteiger charge is 2.12. The molecule has 0 saturated heterocycles. The first-order valence-corrected chi connectivity index (χ1v) is 7.08. The van der Waals surface area contributed by atoms with Crippen molar-refractivity contribution in [3.05, 3.63) is 48.0 Å². The highest BCUT2D eigenvalue weighted by molar-refractivity contribution is 5.30. The van der Waals surface area contributed by atoms with Gasteiger partial charge in [-0.3, -0.25) is 0 Å². The van der Waals surface area contributed by atoms with E-state index >= 15 is 0 Å². The van der Waals surface area contributed by atoms with E-state index in [-0.39, 0.29) is 0 Å². The molecule has 2 rings (SSSR count). The molecule has 1 aromatic carbocycles. The summed E-state index contributed by atoms with van der Waals surface area (Å²) in [7, 11) is 3.74. The summed E-state index contributed by atoms with van der Waals surface area (Å²) in [5.74, 6) is 2.03. The van der Waals surface area contributed by atoms with Crippen LogP contribution in [0.25, 0.3) is 0 Å². The van der Waals surface area contributed by atoms with Crippen LogP contribution in [0.1, 0.15) is 30.8 Å². The fourth-order valence-corrected chi connectivity index (χ4v) is 2.40. The molecule has 0 aliphatic heterocycles. The number of ether oxygens (including phenoxy) is 1. The minimum Gasteiger partial charge on any atom is -0.497 e. The number of rotatable bonds is 7. The van der Waals surface area contributed by atoms with Gasteiger partial charge >= 0.3 is 0 Å². The molecule has 4 nitrogen and oxygen atoms in total. The number of aryl methyl sites for hydroxylation is 2. The van der Waals surface area contributed by atoms with Crippen LogP contribution < -0.4 is 10.1 Å². The van der Waals surface area contributed by atoms with Crippen molar-refractivity contribution in [1.29, 1.82) is 0 Å². The molecule has 20 heavy (non-hydrogen) atoms. The second-order valence-electron chi connectivity index (χ2n) is 4.88. The van der Waals surface area contributed by atoms with Crippen LogP contribution in [0.4, 0.5) is 0 Å². The van der Waals surface area contributed by atoms with Crippen LogP contribution >= 0.6 is 0 Å². The van der Waals surface area contributed by atoms with Crippen LogP contribution in [0.15, 0.2) is 36.7 Å². The molecule has 0 spiro atoms. The Morgan fingerprint density at radius 2 is 2.25 bits per heavy atom. The van der Waals surface area contributed by atoms with E-state index in [2.05, 4.69) is 33.9 Å². The van der Waals surface area contributed by atoms with Crippen LogP contribution in [0.3, 0.4) is 0 Å². The Morgan fingerprint density at radius 1 is 1.40 bits per heavy atom. The zero-order valence-electron chi connectivity index (χ0n) is 12.5. The standard InChI is InChI=1S/C16H23N3O/c1-4-17-15(8-9-16-18-10-11-19(16)2)13-6-5-7-14(12-13)20-3/h5-7,10-12,15,17H,4,8-9H2,1-3H3. The van der Waals surface area contributed by atoms with E-state index in [1.165, 1.54) is 5.56 Å². The van der Waals surface area contributed by atoms with Crippen LogP contribution in [0.2, 0.25) is 0 Å². The molecule has 1 N–H and O–H groups in total. The van der Waals surface area contributed by atoms with Crippen molar-refractivity contribution >= 4 is 0 Å². The molecule has 0 saturated carbocycles. The number of nitrogens with zero attached hydrogens (tertiary/aromatic N) is 2. The predicted molar refractivity (Wildman–Crippen MR) is 80.9 cm³/mol. The lowest BCUT2D eigenvalue weighted by atomic mass is 10.0. The summed E-state index contributed by atoms with van der Waals surface area (Å²) >= 11 is 0. The second kappa shape index (κ2) is 7.10. The van der Waals surface area contributed by atoms with Gasteiger partial charge in [0.2, 0.25) is 0 Å². The Labute approximate surface area is 120 Å². The van der Waals surface area contributed by atoms with Gasteiger partial charge in [0.15, 0.2) is 0 Å². The number of methoxy groups -OCH3 is 1. The molecule has 1 unspecified atom stereocenters. The van der Waals surface area contributed by atoms with E-state index in [0.29, 0.717) is 6.04 Å². The van der Waals surface area contributed by atoms with Gasteiger partial charge in [-0.2, -0.15) is 0 Å². The van der Waals surface area contributed by atoms with Crippen molar-refractivity contribution in [2.24, 2.45) is 7.05 Å². The third-order valence-corrected chi connectivity index (χ3v) is 3.52. The van der Waals surface area contributed by atoms with E-state index in [9.17, 15) is 0 Å². The lowest BCUT2D eigenvalue weighted by Crippen LogP contribution is -2.22. The summed E-state index contributed by atoms with van der Waals surface area (Å²) in [6.45, 7) is 3.08. The van der Waals surface area contributed by atoms with E-state index in [4.69, 9.17) is 4.74 Å². The Hall–Kier alpha value is -1.81. The first-order valence-electron chi connectivity index (χ1n) is 7.08. The van der Waals surface area contributed by atoms with E-state index < -0.39 is 0 Å². The molecule has 0 bridgehead atoms. The highest BCUT2D eigenvalue weighted by atomic mass is 16.5. The van der Waals surface area contributed by atoms with Crippen molar-refractivity contribution < 1.29 is 4.74 Å². The topological polar surface area (TPSA) is 39.1 Å². The average Bonchev–Trinajstić information content (AvgIpc) is 2.89. The van der Waals surface area contributed by atoms with Gasteiger partial charge in [-0.05, 0) is 30.7 Å². The minimum absolute atomic E-state index is 0.326. The summed E-state index contributed by atoms with van der Waals surface area (Å²) in [5, 5.41) is 3.54. The summed E-state index contributed by atoms with van der Waals surface area (Å²) in [4.78, 5) is 4.39. The van der Waals surface area contributed by atoms with Gasteiger partial charge in [0, 0.05) is 31.9 Å². The molecule has 0 fully saturated rings. The van der Waals surface area contributed by atoms with Gasteiger partial charge in [0.1, 0.15) is 11.6 Å². The Balaban J connectivity index is 2.08. The molecule has 2 aromatic rings. The van der Waals surface area contributed by atoms with Crippen molar-refractivity contribution in [3.63, 3.8) is 0 Å². The molecular formula is C16H23N3O. The number of hydrogen-bond donors (Lipinski definition) is 1. The maximum Gasteiger partial charge on any atom is 0.119 e. The fourth-order valence-electron chi connectivity index (χ4n) is 2.40. The van der Waals surface area contributed by atoms with E-state index in [1.54, 1.807) is 7.11 Å². The van der Waals surface area contributed by atoms with Gasteiger partial charge in [-0.15, -0.1) is 0 Å². The van der Waals surface area contributed by atoms with E-state index in [1.807, 2.05) is 31.6 Å². The SMILES string of the molecule is CCNC(CCc1nccn1C)c1cccc(OC)c1. The van der Waals surface area contributed by atoms with Gasteiger partial charge < -0.3 is 14.6 Å². The molecule has 1 atom stereocenters. The van der Waals surface area contributed by atoms with E-state index in [0.717, 1.165) is 31.0 Å². The van der Waals surface area contributed by atoms with Gasteiger partial charge in [0.05, 0.1) is 7.11 Å². The summed E-state index contributed by atoms with van der Waals surface area (Å²) in [6, 6.07) is 8.59. The highest BCUT2D eigenvalue weighted by Crippen LogP contribution is 2.22. The zero-order chi connectivity index (χ0) is 14.4. The third kappa shape index (κ3) is 3.61. The third-order valence-electron chi connectivity index (χ3n) is 3.52. The summed E-state index contributed by atoms with van der Waals surface area (Å²) in [6.07, 6.45) is 5.82.